The number of nitrogens with zero attached hydrogens (tertiary/aromatic N) is 1. The number of para-hydroxylation sites is 2. The molecule has 0 aliphatic rings. The molecule has 3 amide bonds. The molecule has 0 fully saturated rings. The second-order valence-corrected chi connectivity index (χ2v) is 7.39. The summed E-state index contributed by atoms with van der Waals surface area (Å²) in [5.41, 5.74) is 3.49. The molecule has 0 saturated heterocycles. The van der Waals surface area contributed by atoms with Gasteiger partial charge in [0.15, 0.2) is 0 Å². The first-order chi connectivity index (χ1) is 15.0. The first-order valence-corrected chi connectivity index (χ1v) is 10.4. The summed E-state index contributed by atoms with van der Waals surface area (Å²) in [6, 6.07) is 26.6. The van der Waals surface area contributed by atoms with E-state index in [4.69, 9.17) is 0 Å². The molecule has 0 aliphatic carbocycles. The van der Waals surface area contributed by atoms with Crippen LogP contribution in [0.3, 0.4) is 0 Å². The molecule has 0 atom stereocenters. The van der Waals surface area contributed by atoms with E-state index in [1.807, 2.05) is 98.8 Å². The summed E-state index contributed by atoms with van der Waals surface area (Å²) in [6.07, 6.45) is 0.213. The van der Waals surface area contributed by atoms with E-state index in [-0.39, 0.29) is 30.9 Å². The van der Waals surface area contributed by atoms with E-state index in [0.29, 0.717) is 5.69 Å². The maximum atomic E-state index is 12.8. The van der Waals surface area contributed by atoms with E-state index in [2.05, 4.69) is 16.0 Å². The maximum absolute atomic E-state index is 12.8. The van der Waals surface area contributed by atoms with E-state index in [0.717, 1.165) is 17.1 Å². The molecule has 0 radical (unpaired) electrons. The average Bonchev–Trinajstić information content (AvgIpc) is 2.76. The fraction of sp³-hybridized carbons (Fsp3) is 0.200. The third-order valence-corrected chi connectivity index (χ3v) is 4.65. The fourth-order valence-corrected chi connectivity index (χ4v) is 3.22. The molecule has 3 N–H and O–H groups in total. The lowest BCUT2D eigenvalue weighted by atomic mass is 10.2. The first-order valence-electron chi connectivity index (χ1n) is 10.4. The van der Waals surface area contributed by atoms with Gasteiger partial charge in [-0.15, -0.1) is 0 Å². The summed E-state index contributed by atoms with van der Waals surface area (Å²) < 4.78 is 0. The van der Waals surface area contributed by atoms with Gasteiger partial charge < -0.3 is 20.9 Å². The highest BCUT2D eigenvalue weighted by Crippen LogP contribution is 2.23. The molecule has 0 heterocycles. The molecular weight excluding hydrogens is 388 g/mol. The number of hydrogen-bond acceptors (Lipinski definition) is 3. The van der Waals surface area contributed by atoms with Crippen LogP contribution in [-0.2, 0) is 4.79 Å². The summed E-state index contributed by atoms with van der Waals surface area (Å²) in [5, 5.41) is 8.82. The minimum atomic E-state index is -0.327. The van der Waals surface area contributed by atoms with Crippen molar-refractivity contribution in [1.82, 2.24) is 5.32 Å². The van der Waals surface area contributed by atoms with Gasteiger partial charge in [0.2, 0.25) is 5.91 Å². The molecular formula is C25H28N4O2. The van der Waals surface area contributed by atoms with Gasteiger partial charge in [-0.25, -0.2) is 4.79 Å². The van der Waals surface area contributed by atoms with Crippen molar-refractivity contribution in [3.8, 4) is 0 Å². The van der Waals surface area contributed by atoms with E-state index in [1.165, 1.54) is 0 Å². The normalized spacial score (nSPS) is 10.4. The molecule has 0 aliphatic heterocycles. The Labute approximate surface area is 183 Å². The Kier molecular flexibility index (Phi) is 7.65. The van der Waals surface area contributed by atoms with Crippen LogP contribution in [0.15, 0.2) is 84.9 Å². The SMILES string of the molecule is CC(C)N(C(=O)CCNC(=O)Nc1ccccc1)c1ccc(Nc2ccccc2)cc1. The van der Waals surface area contributed by atoms with Crippen LogP contribution in [0.4, 0.5) is 27.5 Å². The van der Waals surface area contributed by atoms with Gasteiger partial charge in [0.25, 0.3) is 0 Å². The number of amides is 3. The number of rotatable bonds is 8. The monoisotopic (exact) mass is 416 g/mol. The fourth-order valence-electron chi connectivity index (χ4n) is 3.22. The molecule has 31 heavy (non-hydrogen) atoms. The Morgan fingerprint density at radius 2 is 1.32 bits per heavy atom. The molecule has 0 unspecified atom stereocenters. The maximum Gasteiger partial charge on any atom is 0.319 e. The molecule has 0 spiro atoms. The summed E-state index contributed by atoms with van der Waals surface area (Å²) in [4.78, 5) is 26.6. The lowest BCUT2D eigenvalue weighted by molar-refractivity contribution is -0.118. The number of nitrogens with one attached hydrogen (secondary N) is 3. The van der Waals surface area contributed by atoms with Gasteiger partial charge in [-0.1, -0.05) is 36.4 Å². The van der Waals surface area contributed by atoms with Gasteiger partial charge in [-0.3, -0.25) is 4.79 Å². The van der Waals surface area contributed by atoms with E-state index in [1.54, 1.807) is 4.90 Å². The Morgan fingerprint density at radius 1 is 0.774 bits per heavy atom. The van der Waals surface area contributed by atoms with Crippen molar-refractivity contribution in [2.24, 2.45) is 0 Å². The topological polar surface area (TPSA) is 73.5 Å². The van der Waals surface area contributed by atoms with Gasteiger partial charge in [-0.2, -0.15) is 0 Å². The van der Waals surface area contributed by atoms with Crippen molar-refractivity contribution in [3.05, 3.63) is 84.9 Å². The summed E-state index contributed by atoms with van der Waals surface area (Å²) >= 11 is 0. The van der Waals surface area contributed by atoms with E-state index >= 15 is 0 Å². The summed E-state index contributed by atoms with van der Waals surface area (Å²) in [7, 11) is 0. The molecule has 6 nitrogen and oxygen atoms in total. The quantitative estimate of drug-likeness (QED) is 0.461. The summed E-state index contributed by atoms with van der Waals surface area (Å²) in [6.45, 7) is 4.21. The predicted molar refractivity (Wildman–Crippen MR) is 127 cm³/mol. The number of urea groups is 1. The van der Waals surface area contributed by atoms with Crippen LogP contribution in [-0.4, -0.2) is 24.5 Å². The Morgan fingerprint density at radius 3 is 1.90 bits per heavy atom. The Bertz CT molecular complexity index is 973. The standard InChI is InChI=1S/C25H28N4O2/c1-19(2)29(23-15-13-22(14-16-23)27-20-9-5-3-6-10-20)24(30)17-18-26-25(31)28-21-11-7-4-8-12-21/h3-16,19,27H,17-18H2,1-2H3,(H2,26,28,31). The minimum Gasteiger partial charge on any atom is -0.356 e. The highest BCUT2D eigenvalue weighted by Gasteiger charge is 2.19. The molecule has 3 rings (SSSR count). The second kappa shape index (κ2) is 10.8. The van der Waals surface area contributed by atoms with Crippen LogP contribution in [0.2, 0.25) is 0 Å². The van der Waals surface area contributed by atoms with Crippen molar-refractivity contribution in [2.45, 2.75) is 26.3 Å². The van der Waals surface area contributed by atoms with E-state index in [9.17, 15) is 9.59 Å². The molecule has 3 aromatic rings. The summed E-state index contributed by atoms with van der Waals surface area (Å²) in [5.74, 6) is -0.0428. The average molecular weight is 417 g/mol. The molecule has 0 bridgehead atoms. The smallest absolute Gasteiger partial charge is 0.319 e. The second-order valence-electron chi connectivity index (χ2n) is 7.39. The Balaban J connectivity index is 1.54. The van der Waals surface area contributed by atoms with Gasteiger partial charge in [0.1, 0.15) is 0 Å². The zero-order valence-electron chi connectivity index (χ0n) is 17.8. The largest absolute Gasteiger partial charge is 0.356 e. The molecule has 0 saturated carbocycles. The number of benzene rings is 3. The highest BCUT2D eigenvalue weighted by molar-refractivity contribution is 5.95. The lowest BCUT2D eigenvalue weighted by Crippen LogP contribution is -2.39. The molecule has 6 heteroatoms. The van der Waals surface area contributed by atoms with Crippen molar-refractivity contribution >= 4 is 34.7 Å². The third kappa shape index (κ3) is 6.60. The minimum absolute atomic E-state index is 0.00132. The van der Waals surface area contributed by atoms with Gasteiger partial charge >= 0.3 is 6.03 Å². The van der Waals surface area contributed by atoms with Gasteiger partial charge in [0.05, 0.1) is 0 Å². The van der Waals surface area contributed by atoms with Crippen LogP contribution < -0.4 is 20.9 Å². The number of carbonyl (C=O) groups is 2. The number of anilines is 4. The van der Waals surface area contributed by atoms with Crippen LogP contribution >= 0.6 is 0 Å². The van der Waals surface area contributed by atoms with E-state index < -0.39 is 0 Å². The molecule has 3 aromatic carbocycles. The van der Waals surface area contributed by atoms with Crippen LogP contribution in [0.1, 0.15) is 20.3 Å². The van der Waals surface area contributed by atoms with Crippen molar-refractivity contribution in [3.63, 3.8) is 0 Å². The lowest BCUT2D eigenvalue weighted by Gasteiger charge is -2.27. The zero-order chi connectivity index (χ0) is 22.1. The zero-order valence-corrected chi connectivity index (χ0v) is 17.8. The first kappa shape index (κ1) is 21.9. The van der Waals surface area contributed by atoms with Crippen LogP contribution in [0.5, 0.6) is 0 Å². The van der Waals surface area contributed by atoms with Gasteiger partial charge in [-0.05, 0) is 62.4 Å². The highest BCUT2D eigenvalue weighted by atomic mass is 16.2. The van der Waals surface area contributed by atoms with Crippen molar-refractivity contribution < 1.29 is 9.59 Å². The van der Waals surface area contributed by atoms with Crippen LogP contribution in [0.25, 0.3) is 0 Å². The molecule has 160 valence electrons. The predicted octanol–water partition coefficient (Wildman–Crippen LogP) is 5.38. The van der Waals surface area contributed by atoms with Gasteiger partial charge in [0, 0.05) is 41.8 Å². The van der Waals surface area contributed by atoms with Crippen molar-refractivity contribution in [2.75, 3.05) is 22.1 Å². The molecule has 0 aromatic heterocycles. The number of hydrogen-bond donors (Lipinski definition) is 3. The Hall–Kier alpha value is -3.80. The third-order valence-electron chi connectivity index (χ3n) is 4.65. The van der Waals surface area contributed by atoms with Crippen LogP contribution in [0, 0.1) is 0 Å². The van der Waals surface area contributed by atoms with Crippen molar-refractivity contribution in [1.29, 1.82) is 0 Å². The number of carbonyl (C=O) groups excluding carboxylic acids is 2.